The number of nitrogens with zero attached hydrogens (tertiary/aromatic N) is 8. The molecule has 4 heterocycles. The number of imidazole rings is 2. The van der Waals surface area contributed by atoms with Crippen molar-refractivity contribution in [2.24, 2.45) is 0 Å². The van der Waals surface area contributed by atoms with Crippen LogP contribution in [0.5, 0.6) is 0 Å². The minimum Gasteiger partial charge on any atom is -0.444 e. The Balaban J connectivity index is 0.000000379. The van der Waals surface area contributed by atoms with Crippen molar-refractivity contribution in [1.82, 2.24) is 38.9 Å². The van der Waals surface area contributed by atoms with Crippen LogP contribution in [0.2, 0.25) is 18.1 Å². The van der Waals surface area contributed by atoms with E-state index in [2.05, 4.69) is 45.3 Å². The molecule has 0 saturated heterocycles. The quantitative estimate of drug-likeness (QED) is 0.120. The maximum Gasteiger partial charge on any atom is 0.410 e. The Morgan fingerprint density at radius 1 is 0.704 bits per heavy atom. The second kappa shape index (κ2) is 21.7. The molecule has 2 amide bonds. The van der Waals surface area contributed by atoms with Crippen LogP contribution in [-0.4, -0.2) is 121 Å². The third-order valence-corrected chi connectivity index (χ3v) is 13.5. The van der Waals surface area contributed by atoms with Crippen molar-refractivity contribution in [1.29, 1.82) is 0 Å². The van der Waals surface area contributed by atoms with Crippen molar-refractivity contribution in [3.8, 4) is 0 Å². The Labute approximate surface area is 321 Å². The SMILES string of the molecule is CC(C)(C)OC(=O)N(CCO)CCCn1cnc2ncccc21.CC[Si](CC)(CC)OCCN(CCCn1cnc2ncccc21)C(=O)OC(C)(C)C.O. The summed E-state index contributed by atoms with van der Waals surface area (Å²) in [5, 5.41) is 9.14. The minimum absolute atomic E-state index is 0. The number of aliphatic hydroxyl groups is 1. The maximum absolute atomic E-state index is 12.8. The van der Waals surface area contributed by atoms with E-state index in [9.17, 15) is 9.59 Å². The van der Waals surface area contributed by atoms with Crippen molar-refractivity contribution in [2.75, 3.05) is 39.4 Å². The summed E-state index contributed by atoms with van der Waals surface area (Å²) in [6.45, 7) is 21.7. The van der Waals surface area contributed by atoms with Crippen LogP contribution in [0.15, 0.2) is 49.3 Å². The van der Waals surface area contributed by atoms with E-state index >= 15 is 0 Å². The molecule has 54 heavy (non-hydrogen) atoms. The van der Waals surface area contributed by atoms with Gasteiger partial charge in [-0.1, -0.05) is 20.8 Å². The number of ether oxygens (including phenoxy) is 2. The molecule has 302 valence electrons. The summed E-state index contributed by atoms with van der Waals surface area (Å²) >= 11 is 0. The first kappa shape index (κ1) is 46.0. The van der Waals surface area contributed by atoms with Gasteiger partial charge in [0.1, 0.15) is 11.2 Å². The molecule has 0 unspecified atom stereocenters. The van der Waals surface area contributed by atoms with E-state index in [0.29, 0.717) is 38.4 Å². The molecule has 0 aliphatic rings. The molecule has 0 fully saturated rings. The number of pyridine rings is 2. The highest BCUT2D eigenvalue weighted by Crippen LogP contribution is 2.22. The van der Waals surface area contributed by atoms with Gasteiger partial charge in [0.15, 0.2) is 19.6 Å². The zero-order valence-electron chi connectivity index (χ0n) is 33.9. The van der Waals surface area contributed by atoms with E-state index in [4.69, 9.17) is 19.0 Å². The molecule has 4 aromatic rings. The fourth-order valence-corrected chi connectivity index (χ4v) is 8.45. The Morgan fingerprint density at radius 3 is 1.52 bits per heavy atom. The second-order valence-corrected chi connectivity index (χ2v) is 19.8. The third-order valence-electron chi connectivity index (χ3n) is 8.82. The Hall–Kier alpha value is -4.12. The van der Waals surface area contributed by atoms with Gasteiger partial charge in [-0.2, -0.15) is 0 Å². The van der Waals surface area contributed by atoms with E-state index in [1.54, 1.807) is 23.6 Å². The lowest BCUT2D eigenvalue weighted by Crippen LogP contribution is -2.42. The number of hydrogen-bond donors (Lipinski definition) is 1. The number of aryl methyl sites for hydroxylation is 2. The highest BCUT2D eigenvalue weighted by atomic mass is 28.4. The largest absolute Gasteiger partial charge is 0.444 e. The average Bonchev–Trinajstić information content (AvgIpc) is 3.72. The van der Waals surface area contributed by atoms with Gasteiger partial charge in [0.2, 0.25) is 0 Å². The van der Waals surface area contributed by atoms with E-state index in [1.807, 2.05) is 76.7 Å². The number of hydrogen-bond acceptors (Lipinski definition) is 10. The summed E-state index contributed by atoms with van der Waals surface area (Å²) in [5.41, 5.74) is 2.38. The lowest BCUT2D eigenvalue weighted by Gasteiger charge is -2.31. The van der Waals surface area contributed by atoms with Gasteiger partial charge in [0, 0.05) is 51.7 Å². The van der Waals surface area contributed by atoms with Crippen molar-refractivity contribution in [3.05, 3.63) is 49.3 Å². The summed E-state index contributed by atoms with van der Waals surface area (Å²) in [6, 6.07) is 11.1. The summed E-state index contributed by atoms with van der Waals surface area (Å²) < 4.78 is 21.4. The molecule has 0 aromatic carbocycles. The lowest BCUT2D eigenvalue weighted by molar-refractivity contribution is 0.0208. The van der Waals surface area contributed by atoms with Gasteiger partial charge < -0.3 is 43.4 Å². The number of aliphatic hydroxyl groups excluding tert-OH is 1. The lowest BCUT2D eigenvalue weighted by atomic mass is 10.2. The summed E-state index contributed by atoms with van der Waals surface area (Å²) in [6.07, 6.45) is 7.88. The first-order chi connectivity index (χ1) is 25.1. The van der Waals surface area contributed by atoms with E-state index in [0.717, 1.165) is 54.2 Å². The highest BCUT2D eigenvalue weighted by Gasteiger charge is 2.29. The predicted molar refractivity (Wildman–Crippen MR) is 214 cm³/mol. The van der Waals surface area contributed by atoms with E-state index in [1.165, 1.54) is 4.90 Å². The Morgan fingerprint density at radius 2 is 1.13 bits per heavy atom. The van der Waals surface area contributed by atoms with E-state index < -0.39 is 25.6 Å². The molecular weight excluding hydrogens is 709 g/mol. The first-order valence-electron chi connectivity index (χ1n) is 18.9. The van der Waals surface area contributed by atoms with Crippen LogP contribution in [0.25, 0.3) is 22.3 Å². The molecule has 4 aromatic heterocycles. The standard InChI is InChI=1S/C22H38N4O3Si.C16H24N4O3.H2O/c1-7-30(8-2,9-3)28-17-16-25(21(27)29-22(4,5)6)14-11-15-26-18-24-20-19(26)12-10-13-23-20;1-16(2,3)23-15(22)19(10-11-21)8-5-9-20-12-18-14-13(20)6-4-7-17-14;/h10,12-13,18H,7-9,11,14-17H2,1-6H3;4,6-7,12,21H,5,8-11H2,1-3H3;1H2. The van der Waals surface area contributed by atoms with Gasteiger partial charge in [-0.05, 0) is 96.8 Å². The molecule has 16 heteroatoms. The first-order valence-corrected chi connectivity index (χ1v) is 21.4. The molecule has 0 atom stereocenters. The molecule has 15 nitrogen and oxygen atoms in total. The van der Waals surface area contributed by atoms with Crippen LogP contribution in [0.3, 0.4) is 0 Å². The van der Waals surface area contributed by atoms with Crippen molar-refractivity contribution >= 4 is 42.8 Å². The van der Waals surface area contributed by atoms with Gasteiger partial charge in [-0.25, -0.2) is 29.5 Å². The zero-order valence-corrected chi connectivity index (χ0v) is 34.9. The molecule has 0 spiro atoms. The average molecular weight is 773 g/mol. The van der Waals surface area contributed by atoms with Crippen LogP contribution in [0.1, 0.15) is 75.2 Å². The Kier molecular flexibility index (Phi) is 18.5. The number of aromatic nitrogens is 6. The van der Waals surface area contributed by atoms with Crippen LogP contribution in [-0.2, 0) is 27.0 Å². The fraction of sp³-hybridized carbons (Fsp3) is 0.632. The molecule has 4 rings (SSSR count). The summed E-state index contributed by atoms with van der Waals surface area (Å²) in [4.78, 5) is 45.2. The minimum atomic E-state index is -1.67. The predicted octanol–water partition coefficient (Wildman–Crippen LogP) is 6.31. The summed E-state index contributed by atoms with van der Waals surface area (Å²) in [7, 11) is -1.67. The molecular formula is C38H64N8O7Si. The van der Waals surface area contributed by atoms with Crippen molar-refractivity contribution in [3.63, 3.8) is 0 Å². The number of carbonyl (C=O) groups excluding carboxylic acids is 2. The van der Waals surface area contributed by atoms with Crippen LogP contribution < -0.4 is 0 Å². The van der Waals surface area contributed by atoms with Gasteiger partial charge >= 0.3 is 12.2 Å². The normalized spacial score (nSPS) is 11.8. The number of carbonyl (C=O) groups is 2. The molecule has 3 N–H and O–H groups in total. The fourth-order valence-electron chi connectivity index (χ4n) is 5.81. The van der Waals surface area contributed by atoms with Crippen molar-refractivity contribution < 1.29 is 34.1 Å². The highest BCUT2D eigenvalue weighted by molar-refractivity contribution is 6.73. The van der Waals surface area contributed by atoms with Gasteiger partial charge in [-0.15, -0.1) is 0 Å². The van der Waals surface area contributed by atoms with Crippen LogP contribution >= 0.6 is 0 Å². The smallest absolute Gasteiger partial charge is 0.410 e. The van der Waals surface area contributed by atoms with Crippen LogP contribution in [0.4, 0.5) is 9.59 Å². The van der Waals surface area contributed by atoms with Crippen LogP contribution in [0, 0.1) is 0 Å². The molecule has 0 radical (unpaired) electrons. The Bertz CT molecular complexity index is 1690. The molecule has 0 saturated carbocycles. The third kappa shape index (κ3) is 14.6. The molecule has 0 bridgehead atoms. The summed E-state index contributed by atoms with van der Waals surface area (Å²) in [5.74, 6) is 0. The van der Waals surface area contributed by atoms with E-state index in [-0.39, 0.29) is 24.7 Å². The zero-order chi connectivity index (χ0) is 39.1. The molecule has 0 aliphatic carbocycles. The second-order valence-electron chi connectivity index (χ2n) is 15.0. The van der Waals surface area contributed by atoms with Gasteiger partial charge in [-0.3, -0.25) is 0 Å². The number of rotatable bonds is 17. The van der Waals surface area contributed by atoms with Crippen molar-refractivity contribution in [2.45, 2.75) is 118 Å². The number of fused-ring (bicyclic) bond motifs is 2. The number of amides is 2. The molecule has 0 aliphatic heterocycles. The maximum atomic E-state index is 12.8. The topological polar surface area (TPSA) is 181 Å². The van der Waals surface area contributed by atoms with Gasteiger partial charge in [0.25, 0.3) is 0 Å². The van der Waals surface area contributed by atoms with Gasteiger partial charge in [0.05, 0.1) is 36.9 Å². The monoisotopic (exact) mass is 772 g/mol.